The molecular formula is C17H24N2O7S. The van der Waals surface area contributed by atoms with Gasteiger partial charge in [0.05, 0.1) is 29.6 Å². The van der Waals surface area contributed by atoms with Crippen molar-refractivity contribution in [2.75, 3.05) is 31.8 Å². The molecule has 0 saturated carbocycles. The monoisotopic (exact) mass is 400 g/mol. The number of nitro groups is 1. The number of nitro benzene ring substituents is 1. The van der Waals surface area contributed by atoms with E-state index in [1.54, 1.807) is 4.90 Å². The SMILES string of the molecule is COc1ccc([N+](=O)[O-])cc1OCC(=O)N(CC(C)C)[C@@H]1CCS(=O)(=O)C1. The van der Waals surface area contributed by atoms with Crippen LogP contribution < -0.4 is 9.47 Å². The molecule has 0 bridgehead atoms. The lowest BCUT2D eigenvalue weighted by Crippen LogP contribution is -2.45. The Balaban J connectivity index is 2.13. The molecule has 0 N–H and O–H groups in total. The molecule has 1 aliphatic heterocycles. The fraction of sp³-hybridized carbons (Fsp3) is 0.588. The summed E-state index contributed by atoms with van der Waals surface area (Å²) in [7, 11) is -1.74. The van der Waals surface area contributed by atoms with Gasteiger partial charge in [-0.3, -0.25) is 14.9 Å². The van der Waals surface area contributed by atoms with Gasteiger partial charge in [-0.05, 0) is 18.4 Å². The van der Waals surface area contributed by atoms with E-state index in [0.29, 0.717) is 13.0 Å². The average Bonchev–Trinajstić information content (AvgIpc) is 2.96. The second kappa shape index (κ2) is 8.55. The lowest BCUT2D eigenvalue weighted by atomic mass is 10.1. The number of nitrogens with zero attached hydrogens (tertiary/aromatic N) is 2. The number of methoxy groups -OCH3 is 1. The molecule has 0 aromatic heterocycles. The smallest absolute Gasteiger partial charge is 0.273 e. The third kappa shape index (κ3) is 5.56. The number of carbonyl (C=O) groups is 1. The molecule has 1 aromatic rings. The van der Waals surface area contributed by atoms with Crippen LogP contribution in [0.1, 0.15) is 20.3 Å². The van der Waals surface area contributed by atoms with E-state index >= 15 is 0 Å². The van der Waals surface area contributed by atoms with Gasteiger partial charge < -0.3 is 14.4 Å². The summed E-state index contributed by atoms with van der Waals surface area (Å²) in [5, 5.41) is 10.9. The molecule has 2 rings (SSSR count). The predicted octanol–water partition coefficient (Wildman–Crippen LogP) is 1.65. The van der Waals surface area contributed by atoms with E-state index in [0.717, 1.165) is 0 Å². The van der Waals surface area contributed by atoms with Crippen molar-refractivity contribution < 1.29 is 27.6 Å². The third-order valence-electron chi connectivity index (χ3n) is 4.24. The molecule has 10 heteroatoms. The molecule has 1 aromatic carbocycles. The van der Waals surface area contributed by atoms with Gasteiger partial charge in [-0.15, -0.1) is 0 Å². The summed E-state index contributed by atoms with van der Waals surface area (Å²) < 4.78 is 34.1. The van der Waals surface area contributed by atoms with Crippen molar-refractivity contribution >= 4 is 21.4 Å². The van der Waals surface area contributed by atoms with Crippen molar-refractivity contribution in [3.63, 3.8) is 0 Å². The van der Waals surface area contributed by atoms with Crippen LogP contribution in [0.5, 0.6) is 11.5 Å². The number of amides is 1. The minimum atomic E-state index is -3.13. The Morgan fingerprint density at radius 3 is 2.59 bits per heavy atom. The summed E-state index contributed by atoms with van der Waals surface area (Å²) in [4.78, 5) is 24.6. The van der Waals surface area contributed by atoms with E-state index in [2.05, 4.69) is 0 Å². The summed E-state index contributed by atoms with van der Waals surface area (Å²) in [5.74, 6) is 0.171. The molecule has 1 atom stereocenters. The predicted molar refractivity (Wildman–Crippen MR) is 98.8 cm³/mol. The molecule has 9 nitrogen and oxygen atoms in total. The highest BCUT2D eigenvalue weighted by Gasteiger charge is 2.35. The van der Waals surface area contributed by atoms with E-state index in [-0.39, 0.29) is 53.2 Å². The Labute approximate surface area is 158 Å². The fourth-order valence-corrected chi connectivity index (χ4v) is 4.71. The number of ether oxygens (including phenoxy) is 2. The van der Waals surface area contributed by atoms with E-state index < -0.39 is 14.8 Å². The molecule has 1 fully saturated rings. The van der Waals surface area contributed by atoms with Gasteiger partial charge in [0, 0.05) is 18.7 Å². The first-order chi connectivity index (χ1) is 12.6. The van der Waals surface area contributed by atoms with Gasteiger partial charge >= 0.3 is 0 Å². The molecule has 150 valence electrons. The van der Waals surface area contributed by atoms with Gasteiger partial charge in [0.1, 0.15) is 0 Å². The van der Waals surface area contributed by atoms with Gasteiger partial charge in [0.2, 0.25) is 0 Å². The van der Waals surface area contributed by atoms with E-state index in [1.807, 2.05) is 13.8 Å². The van der Waals surface area contributed by atoms with Crippen LogP contribution in [0.2, 0.25) is 0 Å². The van der Waals surface area contributed by atoms with Crippen molar-refractivity contribution in [3.8, 4) is 11.5 Å². The number of non-ortho nitro benzene ring substituents is 1. The van der Waals surface area contributed by atoms with Gasteiger partial charge in [0.15, 0.2) is 27.9 Å². The van der Waals surface area contributed by atoms with Crippen LogP contribution in [0.15, 0.2) is 18.2 Å². The summed E-state index contributed by atoms with van der Waals surface area (Å²) in [6.45, 7) is 3.93. The standard InChI is InChI=1S/C17H24N2O7S/c1-12(2)9-18(14-6-7-27(23,24)11-14)17(20)10-26-16-8-13(19(21)22)4-5-15(16)25-3/h4-5,8,12,14H,6-7,9-11H2,1-3H3/t14-/m1/s1. The van der Waals surface area contributed by atoms with Crippen LogP contribution in [0.4, 0.5) is 5.69 Å². The summed E-state index contributed by atoms with van der Waals surface area (Å²) in [5.41, 5.74) is -0.181. The minimum Gasteiger partial charge on any atom is -0.493 e. The second-order valence-corrected chi connectivity index (χ2v) is 9.11. The highest BCUT2D eigenvalue weighted by atomic mass is 32.2. The average molecular weight is 400 g/mol. The van der Waals surface area contributed by atoms with Crippen molar-refractivity contribution in [1.82, 2.24) is 4.90 Å². The highest BCUT2D eigenvalue weighted by molar-refractivity contribution is 7.91. The molecule has 1 saturated heterocycles. The zero-order valence-electron chi connectivity index (χ0n) is 15.6. The van der Waals surface area contributed by atoms with E-state index in [1.165, 1.54) is 25.3 Å². The summed E-state index contributed by atoms with van der Waals surface area (Å²) in [6.07, 6.45) is 0.404. The van der Waals surface area contributed by atoms with Crippen LogP contribution in [-0.2, 0) is 14.6 Å². The largest absolute Gasteiger partial charge is 0.493 e. The van der Waals surface area contributed by atoms with Gasteiger partial charge in [-0.25, -0.2) is 8.42 Å². The maximum Gasteiger partial charge on any atom is 0.273 e. The number of sulfone groups is 1. The number of hydrogen-bond acceptors (Lipinski definition) is 7. The number of benzene rings is 1. The van der Waals surface area contributed by atoms with Crippen LogP contribution in [0, 0.1) is 16.0 Å². The van der Waals surface area contributed by atoms with Gasteiger partial charge in [-0.1, -0.05) is 13.8 Å². The highest BCUT2D eigenvalue weighted by Crippen LogP contribution is 2.31. The third-order valence-corrected chi connectivity index (χ3v) is 5.99. The first-order valence-electron chi connectivity index (χ1n) is 8.58. The number of rotatable bonds is 8. The zero-order valence-corrected chi connectivity index (χ0v) is 16.4. The van der Waals surface area contributed by atoms with Crippen molar-refractivity contribution in [3.05, 3.63) is 28.3 Å². The van der Waals surface area contributed by atoms with Crippen molar-refractivity contribution in [2.45, 2.75) is 26.3 Å². The lowest BCUT2D eigenvalue weighted by Gasteiger charge is -2.30. The Hall–Kier alpha value is -2.36. The van der Waals surface area contributed by atoms with Gasteiger partial charge in [-0.2, -0.15) is 0 Å². The van der Waals surface area contributed by atoms with Gasteiger partial charge in [0.25, 0.3) is 11.6 Å². The molecule has 1 aliphatic rings. The Bertz CT molecular complexity index is 807. The summed E-state index contributed by atoms with van der Waals surface area (Å²) in [6, 6.07) is 3.49. The zero-order chi connectivity index (χ0) is 20.2. The Kier molecular flexibility index (Phi) is 6.63. The molecule has 1 amide bonds. The molecule has 0 radical (unpaired) electrons. The lowest BCUT2D eigenvalue weighted by molar-refractivity contribution is -0.385. The maximum atomic E-state index is 12.7. The van der Waals surface area contributed by atoms with Crippen molar-refractivity contribution in [2.24, 2.45) is 5.92 Å². The van der Waals surface area contributed by atoms with Crippen LogP contribution >= 0.6 is 0 Å². The first-order valence-corrected chi connectivity index (χ1v) is 10.4. The Morgan fingerprint density at radius 2 is 2.07 bits per heavy atom. The topological polar surface area (TPSA) is 116 Å². The van der Waals surface area contributed by atoms with Crippen LogP contribution in [0.3, 0.4) is 0 Å². The van der Waals surface area contributed by atoms with Crippen LogP contribution in [-0.4, -0.2) is 62.0 Å². The number of hydrogen-bond donors (Lipinski definition) is 0. The van der Waals surface area contributed by atoms with E-state index in [4.69, 9.17) is 9.47 Å². The molecule has 27 heavy (non-hydrogen) atoms. The quantitative estimate of drug-likeness (QED) is 0.481. The fourth-order valence-electron chi connectivity index (χ4n) is 2.98. The van der Waals surface area contributed by atoms with E-state index in [9.17, 15) is 23.3 Å². The normalized spacial score (nSPS) is 18.3. The van der Waals surface area contributed by atoms with Crippen LogP contribution in [0.25, 0.3) is 0 Å². The molecule has 1 heterocycles. The number of carbonyl (C=O) groups excluding carboxylic acids is 1. The molecule has 0 unspecified atom stereocenters. The maximum absolute atomic E-state index is 12.7. The first kappa shape index (κ1) is 20.9. The van der Waals surface area contributed by atoms with Crippen molar-refractivity contribution in [1.29, 1.82) is 0 Å². The summed E-state index contributed by atoms with van der Waals surface area (Å²) >= 11 is 0. The second-order valence-electron chi connectivity index (χ2n) is 6.88. The molecule has 0 spiro atoms. The minimum absolute atomic E-state index is 0.0500. The molecule has 0 aliphatic carbocycles. The Morgan fingerprint density at radius 1 is 1.37 bits per heavy atom. The molecular weight excluding hydrogens is 376 g/mol.